The zero-order chi connectivity index (χ0) is 9.68. The van der Waals surface area contributed by atoms with Gasteiger partial charge in [0.1, 0.15) is 0 Å². The largest absolute Gasteiger partial charge is 0.618 e. The van der Waals surface area contributed by atoms with Crippen LogP contribution in [0.2, 0.25) is 0 Å². The molecule has 68 valence electrons. The summed E-state index contributed by atoms with van der Waals surface area (Å²) >= 11 is 0. The van der Waals surface area contributed by atoms with Gasteiger partial charge in [-0.2, -0.15) is 4.73 Å². The van der Waals surface area contributed by atoms with Gasteiger partial charge in [0.2, 0.25) is 0 Å². The summed E-state index contributed by atoms with van der Waals surface area (Å²) in [5, 5.41) is 11.1. The Bertz CT molecular complexity index is 334. The van der Waals surface area contributed by atoms with Crippen molar-refractivity contribution in [2.75, 3.05) is 6.54 Å². The van der Waals surface area contributed by atoms with Gasteiger partial charge in [-0.3, -0.25) is 4.79 Å². The third kappa shape index (κ3) is 2.38. The van der Waals surface area contributed by atoms with Crippen molar-refractivity contribution in [3.63, 3.8) is 0 Å². The molecule has 0 bridgehead atoms. The van der Waals surface area contributed by atoms with E-state index >= 15 is 0 Å². The molecular weight excluding hydrogens is 168 g/mol. The maximum absolute atomic E-state index is 11.3. The van der Waals surface area contributed by atoms with E-state index in [-0.39, 0.29) is 18.0 Å². The van der Waals surface area contributed by atoms with Crippen LogP contribution in [0.5, 0.6) is 0 Å². The second kappa shape index (κ2) is 4.37. The Morgan fingerprint density at radius 3 is 3.00 bits per heavy atom. The number of nitrogens with zero attached hydrogens (tertiary/aromatic N) is 1. The maximum atomic E-state index is 11.3. The minimum absolute atomic E-state index is 0.104. The number of carbonyl (C=O) groups excluding carboxylic acids is 1. The first-order chi connectivity index (χ1) is 6.25. The highest BCUT2D eigenvalue weighted by Crippen LogP contribution is 1.93. The van der Waals surface area contributed by atoms with Gasteiger partial charge in [0.25, 0.3) is 11.5 Å². The van der Waals surface area contributed by atoms with Crippen LogP contribution in [0, 0.1) is 5.21 Å². The molecule has 4 nitrogen and oxygen atoms in total. The first-order valence-electron chi connectivity index (χ1n) is 3.85. The summed E-state index contributed by atoms with van der Waals surface area (Å²) in [6, 6.07) is 4.67. The van der Waals surface area contributed by atoms with Crippen molar-refractivity contribution in [1.29, 1.82) is 0 Å². The molecule has 0 radical (unpaired) electrons. The molecule has 0 spiro atoms. The van der Waals surface area contributed by atoms with E-state index in [1.165, 1.54) is 24.4 Å². The molecule has 0 saturated heterocycles. The van der Waals surface area contributed by atoms with Crippen LogP contribution in [0.15, 0.2) is 36.5 Å². The Balaban J connectivity index is 2.89. The van der Waals surface area contributed by atoms with Crippen LogP contribution in [-0.4, -0.2) is 12.3 Å². The molecule has 0 aliphatic carbocycles. The molecule has 1 rings (SSSR count). The van der Waals surface area contributed by atoms with Crippen molar-refractivity contribution in [1.82, 2.24) is 0 Å². The summed E-state index contributed by atoms with van der Waals surface area (Å²) in [5.74, 6) is -0.332. The monoisotopic (exact) mass is 178 g/mol. The SMILES string of the molecule is NC/C=C/C(=O)c1cccc[n+]1[O-]. The van der Waals surface area contributed by atoms with Gasteiger partial charge in [0.15, 0.2) is 6.20 Å². The van der Waals surface area contributed by atoms with Gasteiger partial charge in [0, 0.05) is 18.7 Å². The first-order valence-corrected chi connectivity index (χ1v) is 3.85. The van der Waals surface area contributed by atoms with Crippen molar-refractivity contribution in [3.8, 4) is 0 Å². The van der Waals surface area contributed by atoms with Crippen LogP contribution >= 0.6 is 0 Å². The number of carbonyl (C=O) groups is 1. The number of hydrogen-bond acceptors (Lipinski definition) is 3. The number of allylic oxidation sites excluding steroid dienone is 1. The molecule has 1 aromatic rings. The lowest BCUT2D eigenvalue weighted by Crippen LogP contribution is -2.33. The summed E-state index contributed by atoms with van der Waals surface area (Å²) in [4.78, 5) is 11.3. The van der Waals surface area contributed by atoms with E-state index in [9.17, 15) is 10.0 Å². The van der Waals surface area contributed by atoms with Gasteiger partial charge in [-0.1, -0.05) is 6.08 Å². The predicted molar refractivity (Wildman–Crippen MR) is 47.9 cm³/mol. The molecule has 0 saturated carbocycles. The Hall–Kier alpha value is -1.68. The van der Waals surface area contributed by atoms with Crippen molar-refractivity contribution < 1.29 is 9.52 Å². The number of aromatic nitrogens is 1. The molecule has 0 aliphatic heterocycles. The van der Waals surface area contributed by atoms with Crippen LogP contribution < -0.4 is 10.5 Å². The third-order valence-electron chi connectivity index (χ3n) is 1.48. The molecule has 1 heterocycles. The molecular formula is C9H10N2O2. The van der Waals surface area contributed by atoms with E-state index in [1.54, 1.807) is 12.1 Å². The molecule has 1 aromatic heterocycles. The minimum atomic E-state index is -0.332. The molecule has 0 fully saturated rings. The van der Waals surface area contributed by atoms with Gasteiger partial charge in [-0.15, -0.1) is 0 Å². The fourth-order valence-corrected chi connectivity index (χ4v) is 0.880. The zero-order valence-electron chi connectivity index (χ0n) is 7.01. The minimum Gasteiger partial charge on any atom is -0.618 e. The van der Waals surface area contributed by atoms with Crippen LogP contribution in [0.3, 0.4) is 0 Å². The normalized spacial score (nSPS) is 10.5. The van der Waals surface area contributed by atoms with Gasteiger partial charge < -0.3 is 10.9 Å². The number of rotatable bonds is 3. The Morgan fingerprint density at radius 2 is 2.38 bits per heavy atom. The lowest BCUT2D eigenvalue weighted by molar-refractivity contribution is -0.607. The van der Waals surface area contributed by atoms with E-state index in [0.717, 1.165) is 0 Å². The molecule has 13 heavy (non-hydrogen) atoms. The summed E-state index contributed by atoms with van der Waals surface area (Å²) in [5.41, 5.74) is 5.27. The van der Waals surface area contributed by atoms with Crippen molar-refractivity contribution in [3.05, 3.63) is 47.4 Å². The predicted octanol–water partition coefficient (Wildman–Crippen LogP) is 0.0176. The van der Waals surface area contributed by atoms with Crippen LogP contribution in [0.4, 0.5) is 0 Å². The number of pyridine rings is 1. The quantitative estimate of drug-likeness (QED) is 0.307. The smallest absolute Gasteiger partial charge is 0.264 e. The second-order valence-corrected chi connectivity index (χ2v) is 2.41. The first kappa shape index (κ1) is 9.41. The molecule has 0 atom stereocenters. The average molecular weight is 178 g/mol. The summed E-state index contributed by atoms with van der Waals surface area (Å²) in [6.45, 7) is 0.289. The fraction of sp³-hybridized carbons (Fsp3) is 0.111. The Labute approximate surface area is 75.9 Å². The number of nitrogens with two attached hydrogens (primary N) is 1. The second-order valence-electron chi connectivity index (χ2n) is 2.41. The van der Waals surface area contributed by atoms with Crippen molar-refractivity contribution >= 4 is 5.78 Å². The molecule has 2 N–H and O–H groups in total. The van der Waals surface area contributed by atoms with Crippen LogP contribution in [-0.2, 0) is 0 Å². The maximum Gasteiger partial charge on any atom is 0.264 e. The Kier molecular flexibility index (Phi) is 3.16. The van der Waals surface area contributed by atoms with E-state index in [1.807, 2.05) is 0 Å². The van der Waals surface area contributed by atoms with Gasteiger partial charge in [0.05, 0.1) is 0 Å². The lowest BCUT2D eigenvalue weighted by Gasteiger charge is -1.98. The molecule has 0 aromatic carbocycles. The summed E-state index contributed by atoms with van der Waals surface area (Å²) < 4.78 is 0.531. The molecule has 0 aliphatic rings. The Morgan fingerprint density at radius 1 is 1.62 bits per heavy atom. The summed E-state index contributed by atoms with van der Waals surface area (Å²) in [6.07, 6.45) is 4.09. The highest BCUT2D eigenvalue weighted by Gasteiger charge is 2.10. The van der Waals surface area contributed by atoms with Crippen LogP contribution in [0.1, 0.15) is 10.5 Å². The van der Waals surface area contributed by atoms with E-state index < -0.39 is 0 Å². The topological polar surface area (TPSA) is 70.0 Å². The highest BCUT2D eigenvalue weighted by molar-refractivity contribution is 6.01. The summed E-state index contributed by atoms with van der Waals surface area (Å²) in [7, 11) is 0. The van der Waals surface area contributed by atoms with Gasteiger partial charge in [-0.25, -0.2) is 0 Å². The fourth-order valence-electron chi connectivity index (χ4n) is 0.880. The lowest BCUT2D eigenvalue weighted by atomic mass is 10.2. The standard InChI is InChI=1S/C9H10N2O2/c10-6-3-5-9(12)8-4-1-2-7-11(8)13/h1-5,7H,6,10H2/b5-3+. The third-order valence-corrected chi connectivity index (χ3v) is 1.48. The van der Waals surface area contributed by atoms with E-state index in [2.05, 4.69) is 0 Å². The van der Waals surface area contributed by atoms with Gasteiger partial charge in [-0.05, 0) is 12.1 Å². The highest BCUT2D eigenvalue weighted by atomic mass is 16.5. The zero-order valence-corrected chi connectivity index (χ0v) is 7.01. The van der Waals surface area contributed by atoms with Crippen molar-refractivity contribution in [2.24, 2.45) is 5.73 Å². The molecule has 0 amide bonds. The van der Waals surface area contributed by atoms with Gasteiger partial charge >= 0.3 is 0 Å². The van der Waals surface area contributed by atoms with Crippen molar-refractivity contribution in [2.45, 2.75) is 0 Å². The van der Waals surface area contributed by atoms with E-state index in [0.29, 0.717) is 4.73 Å². The average Bonchev–Trinajstić information content (AvgIpc) is 2.15. The molecule has 4 heteroatoms. The number of ketones is 1. The molecule has 0 unspecified atom stereocenters. The van der Waals surface area contributed by atoms with Crippen LogP contribution in [0.25, 0.3) is 0 Å². The number of hydrogen-bond donors (Lipinski definition) is 1. The van der Waals surface area contributed by atoms with E-state index in [4.69, 9.17) is 5.73 Å².